The number of benzene rings is 1. The number of hydrogen-bond acceptors (Lipinski definition) is 6. The van der Waals surface area contributed by atoms with E-state index in [2.05, 4.69) is 15.2 Å². The van der Waals surface area contributed by atoms with Crippen LogP contribution in [0, 0.1) is 10.1 Å². The van der Waals surface area contributed by atoms with Crippen molar-refractivity contribution in [2.75, 3.05) is 32.1 Å². The van der Waals surface area contributed by atoms with Gasteiger partial charge in [-0.2, -0.15) is 9.38 Å². The SMILES string of the molecule is COc1ccc(C(CN2CCCC2)Nc2nc3ccccn3c2[N+](=O)[O-])cc1. The molecule has 3 aromatic rings. The molecule has 1 aromatic carbocycles. The lowest BCUT2D eigenvalue weighted by Gasteiger charge is -2.25. The third-order valence-corrected chi connectivity index (χ3v) is 5.15. The molecule has 1 fully saturated rings. The van der Waals surface area contributed by atoms with Crippen LogP contribution in [0.2, 0.25) is 0 Å². The van der Waals surface area contributed by atoms with Crippen molar-refractivity contribution < 1.29 is 9.66 Å². The molecule has 8 nitrogen and oxygen atoms in total. The Morgan fingerprint density at radius 2 is 1.96 bits per heavy atom. The van der Waals surface area contributed by atoms with Crippen LogP contribution in [0.3, 0.4) is 0 Å². The topological polar surface area (TPSA) is 84.9 Å². The standard InChI is InChI=1S/C20H23N5O3/c1-28-16-9-7-15(8-10-16)17(14-23-11-4-5-12-23)21-19-20(25(26)27)24-13-3-2-6-18(24)22-19/h2-3,6-10,13,17,21H,4-5,11-12,14H2,1H3. The fourth-order valence-corrected chi connectivity index (χ4v) is 3.71. The molecular weight excluding hydrogens is 358 g/mol. The van der Waals surface area contributed by atoms with Gasteiger partial charge in [0.15, 0.2) is 0 Å². The van der Waals surface area contributed by atoms with Crippen LogP contribution < -0.4 is 10.1 Å². The van der Waals surface area contributed by atoms with Gasteiger partial charge in [-0.05, 0) is 54.6 Å². The molecule has 8 heteroatoms. The van der Waals surface area contributed by atoms with Gasteiger partial charge in [0.1, 0.15) is 5.75 Å². The molecular formula is C20H23N5O3. The number of likely N-dealkylation sites (tertiary alicyclic amines) is 1. The minimum Gasteiger partial charge on any atom is -0.497 e. The zero-order chi connectivity index (χ0) is 19.5. The van der Waals surface area contributed by atoms with Gasteiger partial charge >= 0.3 is 5.82 Å². The number of aromatic nitrogens is 2. The van der Waals surface area contributed by atoms with Crippen molar-refractivity contribution in [3.05, 3.63) is 64.3 Å². The first-order chi connectivity index (χ1) is 13.7. The molecule has 1 N–H and O–H groups in total. The number of nitrogens with one attached hydrogen (secondary N) is 1. The Morgan fingerprint density at radius 3 is 2.64 bits per heavy atom. The van der Waals surface area contributed by atoms with Crippen LogP contribution in [0.4, 0.5) is 11.6 Å². The highest BCUT2D eigenvalue weighted by Crippen LogP contribution is 2.30. The van der Waals surface area contributed by atoms with E-state index in [1.165, 1.54) is 17.2 Å². The smallest absolute Gasteiger partial charge is 0.372 e. The molecule has 0 radical (unpaired) electrons. The second-order valence-electron chi connectivity index (χ2n) is 6.95. The Hall–Kier alpha value is -3.13. The van der Waals surface area contributed by atoms with Gasteiger partial charge in [-0.3, -0.25) is 0 Å². The molecule has 3 heterocycles. The van der Waals surface area contributed by atoms with Crippen LogP contribution in [-0.4, -0.2) is 46.0 Å². The summed E-state index contributed by atoms with van der Waals surface area (Å²) in [6.45, 7) is 2.85. The van der Waals surface area contributed by atoms with Crippen LogP contribution in [0.25, 0.3) is 5.65 Å². The van der Waals surface area contributed by atoms with Gasteiger partial charge in [-0.25, -0.2) is 0 Å². The predicted octanol–water partition coefficient (Wildman–Crippen LogP) is 3.50. The molecule has 146 valence electrons. The summed E-state index contributed by atoms with van der Waals surface area (Å²) in [5.74, 6) is 1.02. The average Bonchev–Trinajstić information content (AvgIpc) is 3.34. The zero-order valence-corrected chi connectivity index (χ0v) is 15.7. The molecule has 4 rings (SSSR count). The highest BCUT2D eigenvalue weighted by Gasteiger charge is 2.26. The van der Waals surface area contributed by atoms with E-state index in [-0.39, 0.29) is 22.6 Å². The summed E-state index contributed by atoms with van der Waals surface area (Å²) in [6.07, 6.45) is 4.03. The molecule has 1 unspecified atom stereocenters. The fourth-order valence-electron chi connectivity index (χ4n) is 3.71. The van der Waals surface area contributed by atoms with Gasteiger partial charge in [0.05, 0.1) is 19.3 Å². The van der Waals surface area contributed by atoms with Crippen LogP contribution >= 0.6 is 0 Å². The van der Waals surface area contributed by atoms with E-state index >= 15 is 0 Å². The van der Waals surface area contributed by atoms with Gasteiger partial charge in [-0.15, -0.1) is 0 Å². The molecule has 1 atom stereocenters. The summed E-state index contributed by atoms with van der Waals surface area (Å²) in [5.41, 5.74) is 1.59. The predicted molar refractivity (Wildman–Crippen MR) is 107 cm³/mol. The molecule has 0 aliphatic carbocycles. The van der Waals surface area contributed by atoms with Crippen molar-refractivity contribution in [2.45, 2.75) is 18.9 Å². The summed E-state index contributed by atoms with van der Waals surface area (Å²) in [6, 6.07) is 13.0. The maximum atomic E-state index is 11.7. The van der Waals surface area contributed by atoms with Crippen molar-refractivity contribution in [1.82, 2.24) is 14.3 Å². The second-order valence-corrected chi connectivity index (χ2v) is 6.95. The molecule has 0 spiro atoms. The number of imidazole rings is 1. The fraction of sp³-hybridized carbons (Fsp3) is 0.350. The quantitative estimate of drug-likeness (QED) is 0.498. The number of rotatable bonds is 7. The minimum atomic E-state index is -0.386. The lowest BCUT2D eigenvalue weighted by Crippen LogP contribution is -2.29. The van der Waals surface area contributed by atoms with Crippen molar-refractivity contribution in [1.29, 1.82) is 0 Å². The van der Waals surface area contributed by atoms with Crippen LogP contribution in [0.15, 0.2) is 48.7 Å². The zero-order valence-electron chi connectivity index (χ0n) is 15.7. The van der Waals surface area contributed by atoms with Crippen molar-refractivity contribution in [2.24, 2.45) is 0 Å². The molecule has 1 aliphatic heterocycles. The summed E-state index contributed by atoms with van der Waals surface area (Å²) in [4.78, 5) is 18.2. The van der Waals surface area contributed by atoms with Gasteiger partial charge in [0.25, 0.3) is 0 Å². The number of anilines is 1. The number of nitro groups is 1. The van der Waals surface area contributed by atoms with Gasteiger partial charge < -0.3 is 25.1 Å². The molecule has 0 saturated carbocycles. The normalized spacial score (nSPS) is 15.6. The average molecular weight is 381 g/mol. The Bertz CT molecular complexity index is 964. The molecule has 1 aliphatic rings. The maximum absolute atomic E-state index is 11.7. The lowest BCUT2D eigenvalue weighted by molar-refractivity contribution is -0.389. The molecule has 2 aromatic heterocycles. The Labute approximate surface area is 162 Å². The van der Waals surface area contributed by atoms with E-state index in [0.717, 1.165) is 30.9 Å². The monoisotopic (exact) mass is 381 g/mol. The van der Waals surface area contributed by atoms with Gasteiger partial charge in [-0.1, -0.05) is 18.2 Å². The first-order valence-corrected chi connectivity index (χ1v) is 9.40. The summed E-state index contributed by atoms with van der Waals surface area (Å²) < 4.78 is 6.76. The van der Waals surface area contributed by atoms with E-state index in [0.29, 0.717) is 5.65 Å². The van der Waals surface area contributed by atoms with Gasteiger partial charge in [0.2, 0.25) is 11.5 Å². The Balaban J connectivity index is 1.69. The van der Waals surface area contributed by atoms with Crippen molar-refractivity contribution in [3.63, 3.8) is 0 Å². The van der Waals surface area contributed by atoms with Gasteiger partial charge in [0, 0.05) is 12.6 Å². The number of methoxy groups -OCH3 is 1. The van der Waals surface area contributed by atoms with Crippen LogP contribution in [0.1, 0.15) is 24.4 Å². The second kappa shape index (κ2) is 7.85. The maximum Gasteiger partial charge on any atom is 0.372 e. The summed E-state index contributed by atoms with van der Waals surface area (Å²) >= 11 is 0. The number of ether oxygens (including phenoxy) is 1. The summed E-state index contributed by atoms with van der Waals surface area (Å²) in [5, 5.41) is 15.1. The Kier molecular flexibility index (Phi) is 5.12. The number of hydrogen-bond donors (Lipinski definition) is 1. The van der Waals surface area contributed by atoms with E-state index < -0.39 is 0 Å². The van der Waals surface area contributed by atoms with Crippen LogP contribution in [-0.2, 0) is 0 Å². The minimum absolute atomic E-state index is 0.0458. The van der Waals surface area contributed by atoms with Crippen molar-refractivity contribution in [3.8, 4) is 5.75 Å². The third kappa shape index (κ3) is 3.63. The summed E-state index contributed by atoms with van der Waals surface area (Å²) in [7, 11) is 1.63. The van der Waals surface area contributed by atoms with Crippen LogP contribution in [0.5, 0.6) is 5.75 Å². The molecule has 28 heavy (non-hydrogen) atoms. The number of nitrogens with zero attached hydrogens (tertiary/aromatic N) is 4. The highest BCUT2D eigenvalue weighted by molar-refractivity contribution is 5.63. The number of fused-ring (bicyclic) bond motifs is 1. The Morgan fingerprint density at radius 1 is 1.21 bits per heavy atom. The van der Waals surface area contributed by atoms with Crippen molar-refractivity contribution >= 4 is 17.3 Å². The molecule has 0 bridgehead atoms. The molecule has 0 amide bonds. The first kappa shape index (κ1) is 18.2. The highest BCUT2D eigenvalue weighted by atomic mass is 16.6. The largest absolute Gasteiger partial charge is 0.497 e. The number of pyridine rings is 1. The van der Waals surface area contributed by atoms with E-state index in [1.54, 1.807) is 25.4 Å². The van der Waals surface area contributed by atoms with E-state index in [9.17, 15) is 10.1 Å². The third-order valence-electron chi connectivity index (χ3n) is 5.15. The lowest BCUT2D eigenvalue weighted by atomic mass is 10.1. The van der Waals surface area contributed by atoms with E-state index in [1.807, 2.05) is 30.3 Å². The molecule has 1 saturated heterocycles. The first-order valence-electron chi connectivity index (χ1n) is 9.40. The van der Waals surface area contributed by atoms with E-state index in [4.69, 9.17) is 4.74 Å².